The molecule has 3 heterocycles. The molecule has 0 radical (unpaired) electrons. The van der Waals surface area contributed by atoms with Crippen LogP contribution < -0.4 is 10.6 Å². The molecule has 5 rings (SSSR count). The largest absolute Gasteiger partial charge is 0.507 e. The van der Waals surface area contributed by atoms with Crippen LogP contribution in [-0.4, -0.2) is 61.9 Å². The highest BCUT2D eigenvalue weighted by Gasteiger charge is 2.32. The maximum absolute atomic E-state index is 14.9. The molecule has 0 aliphatic carbocycles. The molecule has 9 nitrogen and oxygen atoms in total. The molecule has 1 amide bonds. The first-order valence-corrected chi connectivity index (χ1v) is 13.6. The Kier molecular flexibility index (Phi) is 7.37. The van der Waals surface area contributed by atoms with E-state index in [1.165, 1.54) is 22.8 Å². The average molecular weight is 580 g/mol. The van der Waals surface area contributed by atoms with E-state index in [0.29, 0.717) is 36.5 Å². The Morgan fingerprint density at radius 3 is 2.51 bits per heavy atom. The van der Waals surface area contributed by atoms with Gasteiger partial charge in [-0.3, -0.25) is 0 Å². The van der Waals surface area contributed by atoms with Crippen LogP contribution in [0, 0.1) is 12.7 Å². The van der Waals surface area contributed by atoms with Gasteiger partial charge in [0.2, 0.25) is 0 Å². The number of nitrogens with zero attached hydrogens (tertiary/aromatic N) is 5. The zero-order valence-electron chi connectivity index (χ0n) is 23.5. The van der Waals surface area contributed by atoms with Crippen LogP contribution in [0.5, 0.6) is 5.75 Å². The van der Waals surface area contributed by atoms with Gasteiger partial charge in [-0.05, 0) is 64.4 Å². The first-order valence-electron chi connectivity index (χ1n) is 13.3. The zero-order valence-corrected chi connectivity index (χ0v) is 24.2. The molecule has 1 aliphatic heterocycles. The number of para-hydroxylation sites is 1. The van der Waals surface area contributed by atoms with E-state index in [4.69, 9.17) is 16.3 Å². The van der Waals surface area contributed by atoms with Gasteiger partial charge in [0, 0.05) is 25.7 Å². The van der Waals surface area contributed by atoms with Crippen LogP contribution in [-0.2, 0) is 4.74 Å². The highest BCUT2D eigenvalue weighted by Crippen LogP contribution is 2.38. The summed E-state index contributed by atoms with van der Waals surface area (Å²) in [4.78, 5) is 39.1. The van der Waals surface area contributed by atoms with E-state index in [9.17, 15) is 19.1 Å². The summed E-state index contributed by atoms with van der Waals surface area (Å²) in [5.41, 5.74) is 0.194. The van der Waals surface area contributed by atoms with Crippen LogP contribution >= 0.6 is 11.6 Å². The van der Waals surface area contributed by atoms with Gasteiger partial charge in [0.25, 0.3) is 0 Å². The molecule has 0 spiro atoms. The van der Waals surface area contributed by atoms with Crippen LogP contribution in [0.3, 0.4) is 0 Å². The number of rotatable bonds is 3. The number of aromatic nitrogens is 3. The van der Waals surface area contributed by atoms with E-state index in [1.807, 2.05) is 51.7 Å². The fraction of sp³-hybridized carbons (Fsp3) is 0.333. The van der Waals surface area contributed by atoms with Crippen molar-refractivity contribution < 1.29 is 19.0 Å². The van der Waals surface area contributed by atoms with Crippen LogP contribution in [0.25, 0.3) is 28.0 Å². The van der Waals surface area contributed by atoms with Crippen molar-refractivity contribution in [3.05, 3.63) is 75.4 Å². The summed E-state index contributed by atoms with van der Waals surface area (Å²) in [6, 6.07) is 12.6. The van der Waals surface area contributed by atoms with Gasteiger partial charge in [0.05, 0.1) is 27.4 Å². The molecular formula is C30H31ClFN5O4. The lowest BCUT2D eigenvalue weighted by Crippen LogP contribution is -2.55. The van der Waals surface area contributed by atoms with Crippen molar-refractivity contribution in [1.82, 2.24) is 19.4 Å². The number of aromatic hydroxyl groups is 1. The monoisotopic (exact) mass is 579 g/mol. The third-order valence-electron chi connectivity index (χ3n) is 6.94. The van der Waals surface area contributed by atoms with E-state index in [2.05, 4.69) is 9.97 Å². The molecule has 1 N–H and O–H groups in total. The minimum Gasteiger partial charge on any atom is -0.507 e. The lowest BCUT2D eigenvalue weighted by molar-refractivity contribution is 0.0218. The molecule has 0 saturated carbocycles. The Labute approximate surface area is 241 Å². The third-order valence-corrected chi connectivity index (χ3v) is 7.23. The van der Waals surface area contributed by atoms with Gasteiger partial charge in [-0.1, -0.05) is 35.9 Å². The lowest BCUT2D eigenvalue weighted by atomic mass is 10.1. The maximum atomic E-state index is 14.9. The topological polar surface area (TPSA) is 101 Å². The molecule has 1 atom stereocenters. The van der Waals surface area contributed by atoms with Gasteiger partial charge in [-0.2, -0.15) is 4.98 Å². The third kappa shape index (κ3) is 5.44. The van der Waals surface area contributed by atoms with Crippen molar-refractivity contribution in [1.29, 1.82) is 0 Å². The summed E-state index contributed by atoms with van der Waals surface area (Å²) in [6.45, 7) is 10.3. The predicted molar refractivity (Wildman–Crippen MR) is 157 cm³/mol. The van der Waals surface area contributed by atoms with Gasteiger partial charge in [0.15, 0.2) is 5.65 Å². The van der Waals surface area contributed by atoms with Crippen LogP contribution in [0.2, 0.25) is 5.02 Å². The first kappa shape index (κ1) is 28.4. The number of hydrogen-bond acceptors (Lipinski definition) is 7. The fourth-order valence-electron chi connectivity index (χ4n) is 5.04. The van der Waals surface area contributed by atoms with Gasteiger partial charge >= 0.3 is 11.8 Å². The van der Waals surface area contributed by atoms with Crippen molar-refractivity contribution in [2.24, 2.45) is 0 Å². The molecule has 4 aromatic rings. The Hall–Kier alpha value is -4.18. The molecule has 0 unspecified atom stereocenters. The van der Waals surface area contributed by atoms with Gasteiger partial charge in [0.1, 0.15) is 23.0 Å². The average Bonchev–Trinajstić information content (AvgIpc) is 2.88. The Balaban J connectivity index is 1.69. The summed E-state index contributed by atoms with van der Waals surface area (Å²) in [7, 11) is 0. The Morgan fingerprint density at radius 2 is 1.85 bits per heavy atom. The van der Waals surface area contributed by atoms with Crippen LogP contribution in [0.4, 0.5) is 15.0 Å². The second-order valence-corrected chi connectivity index (χ2v) is 11.5. The standard InChI is InChI=1S/C30H31ClFN5O4/c1-17-9-6-7-11-22(17)37-27-19(15-20(31)25(33-27)24-21(32)10-8-12-23(24)38)26(34-28(37)39)36-14-13-35(16-18(36)2)29(40)41-30(3,4)5/h6-12,15,18,38H,13-14,16H2,1-5H3/t18-/m0/s1. The lowest BCUT2D eigenvalue weighted by Gasteiger charge is -2.41. The van der Waals surface area contributed by atoms with Gasteiger partial charge in [-0.25, -0.2) is 23.5 Å². The second kappa shape index (κ2) is 10.7. The van der Waals surface area contributed by atoms with Crippen molar-refractivity contribution in [3.8, 4) is 22.7 Å². The SMILES string of the molecule is Cc1ccccc1-n1c(=O)nc(N2CCN(C(=O)OC(C)(C)C)C[C@@H]2C)c2cc(Cl)c(-c3c(O)cccc3F)nc21. The number of carbonyl (C=O) groups is 1. The Bertz CT molecular complexity index is 1700. The number of phenolic OH excluding ortho intramolecular Hbond substituents is 1. The normalized spacial score (nSPS) is 15.8. The number of phenols is 1. The molecular weight excluding hydrogens is 549 g/mol. The van der Waals surface area contributed by atoms with Crippen LogP contribution in [0.1, 0.15) is 33.3 Å². The fourth-order valence-corrected chi connectivity index (χ4v) is 5.29. The van der Waals surface area contributed by atoms with Crippen molar-refractivity contribution in [2.75, 3.05) is 24.5 Å². The molecule has 11 heteroatoms. The number of ether oxygens (including phenoxy) is 1. The second-order valence-electron chi connectivity index (χ2n) is 11.1. The zero-order chi connectivity index (χ0) is 29.6. The van der Waals surface area contributed by atoms with E-state index in [0.717, 1.165) is 5.56 Å². The molecule has 0 bridgehead atoms. The van der Waals surface area contributed by atoms with Gasteiger partial charge < -0.3 is 19.6 Å². The summed E-state index contributed by atoms with van der Waals surface area (Å²) in [6.07, 6.45) is -0.407. The quantitative estimate of drug-likeness (QED) is 0.332. The number of hydrogen-bond donors (Lipinski definition) is 1. The molecule has 1 saturated heterocycles. The number of piperazine rings is 1. The minimum atomic E-state index is -0.704. The minimum absolute atomic E-state index is 0.00329. The first-order chi connectivity index (χ1) is 19.4. The number of fused-ring (bicyclic) bond motifs is 1. The molecule has 1 fully saturated rings. The number of carbonyl (C=O) groups excluding carboxylic acids is 1. The molecule has 2 aromatic heterocycles. The van der Waals surface area contributed by atoms with Crippen molar-refractivity contribution >= 4 is 34.5 Å². The summed E-state index contributed by atoms with van der Waals surface area (Å²) in [5.74, 6) is -0.681. The number of anilines is 1. The molecule has 1 aliphatic rings. The number of aryl methyl sites for hydroxylation is 1. The van der Waals surface area contributed by atoms with Crippen LogP contribution in [0.15, 0.2) is 53.3 Å². The van der Waals surface area contributed by atoms with Crippen molar-refractivity contribution in [3.63, 3.8) is 0 Å². The smallest absolute Gasteiger partial charge is 0.410 e. The molecule has 2 aromatic carbocycles. The summed E-state index contributed by atoms with van der Waals surface area (Å²) < 4.78 is 21.8. The Morgan fingerprint density at radius 1 is 1.12 bits per heavy atom. The number of benzene rings is 2. The van der Waals surface area contributed by atoms with E-state index >= 15 is 0 Å². The van der Waals surface area contributed by atoms with Gasteiger partial charge in [-0.15, -0.1) is 0 Å². The molecule has 214 valence electrons. The number of halogens is 2. The van der Waals surface area contributed by atoms with Crippen molar-refractivity contribution in [2.45, 2.75) is 46.3 Å². The highest BCUT2D eigenvalue weighted by atomic mass is 35.5. The number of pyridine rings is 1. The summed E-state index contributed by atoms with van der Waals surface area (Å²) in [5, 5.41) is 11.0. The summed E-state index contributed by atoms with van der Waals surface area (Å²) >= 11 is 6.68. The highest BCUT2D eigenvalue weighted by molar-refractivity contribution is 6.34. The van der Waals surface area contributed by atoms with E-state index in [-0.39, 0.29) is 33.7 Å². The molecule has 41 heavy (non-hydrogen) atoms. The van der Waals surface area contributed by atoms with E-state index < -0.39 is 23.2 Å². The predicted octanol–water partition coefficient (Wildman–Crippen LogP) is 5.70. The maximum Gasteiger partial charge on any atom is 0.410 e. The van der Waals surface area contributed by atoms with E-state index in [1.54, 1.807) is 23.1 Å². The number of amides is 1.